The summed E-state index contributed by atoms with van der Waals surface area (Å²) in [5, 5.41) is 2.72. The van der Waals surface area contributed by atoms with Crippen LogP contribution in [0.4, 0.5) is 15.0 Å². The van der Waals surface area contributed by atoms with Crippen LogP contribution in [0.1, 0.15) is 18.8 Å². The molecule has 128 valence electrons. The Hall–Kier alpha value is -2.48. The van der Waals surface area contributed by atoms with Crippen molar-refractivity contribution in [3.8, 4) is 0 Å². The van der Waals surface area contributed by atoms with Gasteiger partial charge in [0.25, 0.3) is 0 Å². The first kappa shape index (κ1) is 16.4. The van der Waals surface area contributed by atoms with Crippen molar-refractivity contribution >= 4 is 11.8 Å². The topological polar surface area (TPSA) is 66.3 Å². The largest absolute Gasteiger partial charge is 0.337 e. The summed E-state index contributed by atoms with van der Waals surface area (Å²) in [7, 11) is 1.96. The summed E-state index contributed by atoms with van der Waals surface area (Å²) >= 11 is 0. The van der Waals surface area contributed by atoms with Crippen LogP contribution in [0.25, 0.3) is 0 Å². The van der Waals surface area contributed by atoms with Gasteiger partial charge >= 0.3 is 6.03 Å². The SMILES string of the molecule is CCN1CCN(C(=O)Nc2ccc(F)cn2)CC1c1nccn1C. The van der Waals surface area contributed by atoms with Crippen LogP contribution in [0.2, 0.25) is 0 Å². The number of rotatable bonds is 3. The summed E-state index contributed by atoms with van der Waals surface area (Å²) < 4.78 is 14.9. The average Bonchev–Trinajstić information content (AvgIpc) is 3.02. The van der Waals surface area contributed by atoms with Crippen molar-refractivity contribution in [3.05, 3.63) is 42.4 Å². The molecule has 0 aliphatic carbocycles. The number of imidazole rings is 1. The summed E-state index contributed by atoms with van der Waals surface area (Å²) in [6.45, 7) is 4.95. The summed E-state index contributed by atoms with van der Waals surface area (Å²) in [5.41, 5.74) is 0. The highest BCUT2D eigenvalue weighted by atomic mass is 19.1. The number of nitrogens with zero attached hydrogens (tertiary/aromatic N) is 5. The Bertz CT molecular complexity index is 701. The molecule has 1 fully saturated rings. The molecule has 0 aromatic carbocycles. The summed E-state index contributed by atoms with van der Waals surface area (Å²) in [4.78, 5) is 24.8. The quantitative estimate of drug-likeness (QED) is 0.932. The molecule has 3 rings (SSSR count). The van der Waals surface area contributed by atoms with Gasteiger partial charge in [0, 0.05) is 39.1 Å². The molecular formula is C16H21FN6O. The average molecular weight is 332 g/mol. The molecule has 24 heavy (non-hydrogen) atoms. The molecular weight excluding hydrogens is 311 g/mol. The Balaban J connectivity index is 1.71. The van der Waals surface area contributed by atoms with E-state index in [0.29, 0.717) is 18.9 Å². The van der Waals surface area contributed by atoms with Crippen LogP contribution >= 0.6 is 0 Å². The number of hydrogen-bond donors (Lipinski definition) is 1. The van der Waals surface area contributed by atoms with Gasteiger partial charge in [0.1, 0.15) is 17.5 Å². The van der Waals surface area contributed by atoms with Gasteiger partial charge in [-0.3, -0.25) is 10.2 Å². The van der Waals surface area contributed by atoms with Crippen LogP contribution in [0.3, 0.4) is 0 Å². The number of hydrogen-bond acceptors (Lipinski definition) is 4. The molecule has 1 saturated heterocycles. The second kappa shape index (κ2) is 6.96. The van der Waals surface area contributed by atoms with Crippen molar-refractivity contribution < 1.29 is 9.18 Å². The van der Waals surface area contributed by atoms with Crippen molar-refractivity contribution in [1.82, 2.24) is 24.3 Å². The number of carbonyl (C=O) groups excluding carboxylic acids is 1. The molecule has 1 aliphatic heterocycles. The third-order valence-corrected chi connectivity index (χ3v) is 4.30. The van der Waals surface area contributed by atoms with Gasteiger partial charge in [0.2, 0.25) is 0 Å². The van der Waals surface area contributed by atoms with Gasteiger partial charge in [-0.25, -0.2) is 19.2 Å². The lowest BCUT2D eigenvalue weighted by molar-refractivity contribution is 0.0926. The van der Waals surface area contributed by atoms with E-state index in [0.717, 1.165) is 25.1 Å². The van der Waals surface area contributed by atoms with Gasteiger partial charge < -0.3 is 9.47 Å². The van der Waals surface area contributed by atoms with Crippen molar-refractivity contribution in [2.45, 2.75) is 13.0 Å². The van der Waals surface area contributed by atoms with Gasteiger partial charge in [-0.15, -0.1) is 0 Å². The van der Waals surface area contributed by atoms with Crippen LogP contribution in [-0.4, -0.2) is 56.5 Å². The van der Waals surface area contributed by atoms with Crippen LogP contribution in [0.15, 0.2) is 30.7 Å². The van der Waals surface area contributed by atoms with Crippen molar-refractivity contribution in [2.24, 2.45) is 7.05 Å². The Morgan fingerprint density at radius 3 is 2.83 bits per heavy atom. The van der Waals surface area contributed by atoms with Crippen molar-refractivity contribution in [3.63, 3.8) is 0 Å². The predicted octanol–water partition coefficient (Wildman–Crippen LogP) is 1.86. The monoisotopic (exact) mass is 332 g/mol. The lowest BCUT2D eigenvalue weighted by Gasteiger charge is -2.40. The summed E-state index contributed by atoms with van der Waals surface area (Å²) in [6, 6.07) is 2.54. The zero-order valence-electron chi connectivity index (χ0n) is 13.8. The third kappa shape index (κ3) is 3.38. The molecule has 0 bridgehead atoms. The maximum absolute atomic E-state index is 12.9. The third-order valence-electron chi connectivity index (χ3n) is 4.30. The Labute approximate surface area is 140 Å². The molecule has 0 spiro atoms. The minimum absolute atomic E-state index is 0.0516. The molecule has 1 atom stereocenters. The normalized spacial score (nSPS) is 18.6. The smallest absolute Gasteiger partial charge is 0.323 e. The molecule has 1 N–H and O–H groups in total. The molecule has 3 heterocycles. The maximum atomic E-state index is 12.9. The lowest BCUT2D eigenvalue weighted by atomic mass is 10.1. The Morgan fingerprint density at radius 1 is 1.38 bits per heavy atom. The summed E-state index contributed by atoms with van der Waals surface area (Å²) in [5.74, 6) is 0.849. The molecule has 1 unspecified atom stereocenters. The first-order valence-electron chi connectivity index (χ1n) is 7.97. The fraction of sp³-hybridized carbons (Fsp3) is 0.438. The number of aromatic nitrogens is 3. The number of carbonyl (C=O) groups is 1. The predicted molar refractivity (Wildman–Crippen MR) is 88.0 cm³/mol. The number of amides is 2. The summed E-state index contributed by atoms with van der Waals surface area (Å²) in [6.07, 6.45) is 4.76. The second-order valence-corrected chi connectivity index (χ2v) is 5.78. The molecule has 2 aromatic rings. The highest BCUT2D eigenvalue weighted by Gasteiger charge is 2.32. The van der Waals surface area contributed by atoms with E-state index in [1.807, 2.05) is 17.8 Å². The van der Waals surface area contributed by atoms with Crippen LogP contribution in [0.5, 0.6) is 0 Å². The molecule has 0 saturated carbocycles. The van der Waals surface area contributed by atoms with Gasteiger partial charge in [-0.2, -0.15) is 0 Å². The Morgan fingerprint density at radius 2 is 2.21 bits per heavy atom. The minimum atomic E-state index is -0.431. The zero-order valence-corrected chi connectivity index (χ0v) is 13.8. The maximum Gasteiger partial charge on any atom is 0.323 e. The van der Waals surface area contributed by atoms with E-state index >= 15 is 0 Å². The van der Waals surface area contributed by atoms with E-state index in [4.69, 9.17) is 0 Å². The first-order valence-corrected chi connectivity index (χ1v) is 7.97. The van der Waals surface area contributed by atoms with E-state index < -0.39 is 5.82 Å². The van der Waals surface area contributed by atoms with Crippen LogP contribution < -0.4 is 5.32 Å². The van der Waals surface area contributed by atoms with E-state index in [-0.39, 0.29) is 12.1 Å². The number of halogens is 1. The highest BCUT2D eigenvalue weighted by molar-refractivity contribution is 5.88. The van der Waals surface area contributed by atoms with Gasteiger partial charge in [0.15, 0.2) is 0 Å². The number of piperazine rings is 1. The molecule has 8 heteroatoms. The number of urea groups is 1. The first-order chi connectivity index (χ1) is 11.6. The van der Waals surface area contributed by atoms with E-state index in [2.05, 4.69) is 27.1 Å². The number of pyridine rings is 1. The highest BCUT2D eigenvalue weighted by Crippen LogP contribution is 2.24. The molecule has 1 aliphatic rings. The fourth-order valence-electron chi connectivity index (χ4n) is 2.97. The van der Waals surface area contributed by atoms with Gasteiger partial charge in [0.05, 0.1) is 12.2 Å². The second-order valence-electron chi connectivity index (χ2n) is 5.78. The minimum Gasteiger partial charge on any atom is -0.337 e. The standard InChI is InChI=1S/C16H21FN6O/c1-3-22-8-9-23(11-13(22)15-18-6-7-21(15)2)16(24)20-14-5-4-12(17)10-19-14/h4-7,10,13H,3,8-9,11H2,1-2H3,(H,19,20,24). The fourth-order valence-corrected chi connectivity index (χ4v) is 2.97. The number of anilines is 1. The van der Waals surface area contributed by atoms with E-state index in [1.165, 1.54) is 12.1 Å². The van der Waals surface area contributed by atoms with Crippen molar-refractivity contribution in [1.29, 1.82) is 0 Å². The van der Waals surface area contributed by atoms with Gasteiger partial charge in [-0.05, 0) is 18.7 Å². The van der Waals surface area contributed by atoms with E-state index in [9.17, 15) is 9.18 Å². The van der Waals surface area contributed by atoms with Gasteiger partial charge in [-0.1, -0.05) is 6.92 Å². The molecule has 7 nitrogen and oxygen atoms in total. The lowest BCUT2D eigenvalue weighted by Crippen LogP contribution is -2.52. The molecule has 2 amide bonds. The molecule has 0 radical (unpaired) electrons. The van der Waals surface area contributed by atoms with Crippen LogP contribution in [0, 0.1) is 5.82 Å². The van der Waals surface area contributed by atoms with E-state index in [1.54, 1.807) is 11.1 Å². The zero-order chi connectivity index (χ0) is 17.1. The number of likely N-dealkylation sites (N-methyl/N-ethyl adjacent to an activating group) is 1. The number of nitrogens with one attached hydrogen (secondary N) is 1. The Kier molecular flexibility index (Phi) is 4.75. The number of aryl methyl sites for hydroxylation is 1. The van der Waals surface area contributed by atoms with Crippen molar-refractivity contribution in [2.75, 3.05) is 31.5 Å². The van der Waals surface area contributed by atoms with Crippen LogP contribution in [-0.2, 0) is 7.05 Å². The molecule has 2 aromatic heterocycles.